The lowest BCUT2D eigenvalue weighted by Gasteiger charge is -2.26. The summed E-state index contributed by atoms with van der Waals surface area (Å²) in [7, 11) is 1.73. The highest BCUT2D eigenvalue weighted by Gasteiger charge is 2.19. The number of hydrogen-bond acceptors (Lipinski definition) is 2. The van der Waals surface area contributed by atoms with Crippen LogP contribution in [0.25, 0.3) is 0 Å². The lowest BCUT2D eigenvalue weighted by atomic mass is 9.86. The van der Waals surface area contributed by atoms with Crippen molar-refractivity contribution in [2.24, 2.45) is 10.4 Å². The molecule has 0 aliphatic rings. The van der Waals surface area contributed by atoms with Gasteiger partial charge < -0.3 is 16.0 Å². The highest BCUT2D eigenvalue weighted by atomic mass is 35.5. The van der Waals surface area contributed by atoms with Gasteiger partial charge in [0.1, 0.15) is 0 Å². The Morgan fingerprint density at radius 2 is 2.00 bits per heavy atom. The number of benzene rings is 1. The largest absolute Gasteiger partial charge is 0.356 e. The number of amides is 1. The smallest absolute Gasteiger partial charge is 0.221 e. The molecule has 1 rings (SSSR count). The van der Waals surface area contributed by atoms with Gasteiger partial charge in [-0.05, 0) is 43.4 Å². The van der Waals surface area contributed by atoms with Gasteiger partial charge in [0.25, 0.3) is 0 Å². The van der Waals surface area contributed by atoms with Gasteiger partial charge in [0.2, 0.25) is 5.91 Å². The zero-order chi connectivity index (χ0) is 18.9. The van der Waals surface area contributed by atoms with E-state index in [4.69, 9.17) is 11.6 Å². The molecule has 25 heavy (non-hydrogen) atoms. The Morgan fingerprint density at radius 1 is 1.28 bits per heavy atom. The van der Waals surface area contributed by atoms with Crippen LogP contribution in [0.5, 0.6) is 0 Å². The van der Waals surface area contributed by atoms with E-state index in [0.717, 1.165) is 18.0 Å². The molecule has 0 radical (unpaired) electrons. The number of guanidine groups is 1. The van der Waals surface area contributed by atoms with Crippen LogP contribution in [0, 0.1) is 5.41 Å². The minimum Gasteiger partial charge on any atom is -0.356 e. The van der Waals surface area contributed by atoms with E-state index in [-0.39, 0.29) is 17.4 Å². The van der Waals surface area contributed by atoms with Crippen molar-refractivity contribution in [2.75, 3.05) is 20.1 Å². The molecule has 0 aliphatic heterocycles. The van der Waals surface area contributed by atoms with Crippen molar-refractivity contribution in [1.29, 1.82) is 0 Å². The average molecular weight is 367 g/mol. The zero-order valence-corrected chi connectivity index (χ0v) is 16.7. The molecule has 0 aromatic heterocycles. The van der Waals surface area contributed by atoms with Gasteiger partial charge in [0.15, 0.2) is 5.96 Å². The van der Waals surface area contributed by atoms with Gasteiger partial charge in [-0.2, -0.15) is 0 Å². The molecule has 140 valence electrons. The van der Waals surface area contributed by atoms with Gasteiger partial charge in [-0.1, -0.05) is 37.6 Å². The Hall–Kier alpha value is -1.75. The lowest BCUT2D eigenvalue weighted by molar-refractivity contribution is -0.121. The summed E-state index contributed by atoms with van der Waals surface area (Å²) in [5.74, 6) is 0.746. The fourth-order valence-corrected chi connectivity index (χ4v) is 2.71. The minimum absolute atomic E-state index is 0.0390. The molecule has 1 aromatic carbocycles. The van der Waals surface area contributed by atoms with Crippen molar-refractivity contribution >= 4 is 23.5 Å². The summed E-state index contributed by atoms with van der Waals surface area (Å²) in [6, 6.07) is 8.12. The highest BCUT2D eigenvalue weighted by Crippen LogP contribution is 2.22. The van der Waals surface area contributed by atoms with E-state index >= 15 is 0 Å². The predicted molar refractivity (Wildman–Crippen MR) is 106 cm³/mol. The monoisotopic (exact) mass is 366 g/mol. The Balaban J connectivity index is 2.41. The first-order valence-corrected chi connectivity index (χ1v) is 9.08. The summed E-state index contributed by atoms with van der Waals surface area (Å²) in [4.78, 5) is 15.9. The molecule has 1 aromatic rings. The van der Waals surface area contributed by atoms with Gasteiger partial charge in [0.05, 0.1) is 0 Å². The van der Waals surface area contributed by atoms with Crippen molar-refractivity contribution in [2.45, 2.75) is 46.6 Å². The fourth-order valence-electron chi connectivity index (χ4n) is 2.49. The first-order valence-electron chi connectivity index (χ1n) is 8.70. The van der Waals surface area contributed by atoms with Crippen LogP contribution < -0.4 is 16.0 Å². The molecule has 0 atom stereocenters. The predicted octanol–water partition coefficient (Wildman–Crippen LogP) is 2.99. The highest BCUT2D eigenvalue weighted by molar-refractivity contribution is 6.30. The molecule has 0 fully saturated rings. The number of halogens is 1. The quantitative estimate of drug-likeness (QED) is 0.489. The van der Waals surface area contributed by atoms with E-state index in [0.29, 0.717) is 18.9 Å². The van der Waals surface area contributed by atoms with Crippen LogP contribution in [0.3, 0.4) is 0 Å². The summed E-state index contributed by atoms with van der Waals surface area (Å²) in [6.07, 6.45) is 1.33. The molecular weight excluding hydrogens is 336 g/mol. The molecule has 0 unspecified atom stereocenters. The average Bonchev–Trinajstić information content (AvgIpc) is 2.49. The number of rotatable bonds is 8. The van der Waals surface area contributed by atoms with Crippen molar-refractivity contribution < 1.29 is 4.79 Å². The van der Waals surface area contributed by atoms with E-state index in [1.54, 1.807) is 7.05 Å². The van der Waals surface area contributed by atoms with Crippen molar-refractivity contribution in [3.63, 3.8) is 0 Å². The molecule has 0 saturated carbocycles. The molecular formula is C19H31ClN4O. The van der Waals surface area contributed by atoms with Gasteiger partial charge in [-0.15, -0.1) is 0 Å². The normalized spacial score (nSPS) is 12.2. The van der Waals surface area contributed by atoms with Crippen LogP contribution in [0.15, 0.2) is 29.3 Å². The van der Waals surface area contributed by atoms with Crippen molar-refractivity contribution in [3.8, 4) is 0 Å². The van der Waals surface area contributed by atoms with E-state index in [1.165, 1.54) is 5.56 Å². The van der Waals surface area contributed by atoms with Crippen molar-refractivity contribution in [3.05, 3.63) is 34.9 Å². The van der Waals surface area contributed by atoms with Crippen LogP contribution in [-0.4, -0.2) is 38.0 Å². The molecule has 0 spiro atoms. The number of nitrogens with one attached hydrogen (secondary N) is 3. The number of aliphatic imine (C=N–C) groups is 1. The fraction of sp³-hybridized carbons (Fsp3) is 0.579. The molecule has 5 nitrogen and oxygen atoms in total. The number of hydrogen-bond donors (Lipinski definition) is 3. The van der Waals surface area contributed by atoms with Crippen molar-refractivity contribution in [1.82, 2.24) is 16.0 Å². The van der Waals surface area contributed by atoms with Crippen LogP contribution in [0.2, 0.25) is 5.02 Å². The van der Waals surface area contributed by atoms with Gasteiger partial charge in [0, 0.05) is 37.6 Å². The SMILES string of the molecule is CN=C(NCCC(=O)NC(C)C)NCC(C)(C)Cc1cccc(Cl)c1. The first kappa shape index (κ1) is 21.3. The Kier molecular flexibility index (Phi) is 8.76. The van der Waals surface area contributed by atoms with Gasteiger partial charge in [-0.3, -0.25) is 9.79 Å². The summed E-state index contributed by atoms with van der Waals surface area (Å²) in [5.41, 5.74) is 1.25. The summed E-state index contributed by atoms with van der Waals surface area (Å²) < 4.78 is 0. The second-order valence-corrected chi connectivity index (χ2v) is 7.73. The maximum absolute atomic E-state index is 11.6. The Morgan fingerprint density at radius 3 is 2.60 bits per heavy atom. The second kappa shape index (κ2) is 10.3. The lowest BCUT2D eigenvalue weighted by Crippen LogP contribution is -2.43. The van der Waals surface area contributed by atoms with Gasteiger partial charge >= 0.3 is 0 Å². The van der Waals surface area contributed by atoms with E-state index in [2.05, 4.69) is 40.9 Å². The van der Waals surface area contributed by atoms with E-state index in [1.807, 2.05) is 32.0 Å². The Bertz CT molecular complexity index is 585. The minimum atomic E-state index is 0.0390. The van der Waals surface area contributed by atoms with Crippen LogP contribution in [0.1, 0.15) is 39.7 Å². The standard InChI is InChI=1S/C19H31ClN4O/c1-14(2)24-17(25)9-10-22-18(21-5)23-13-19(3,4)12-15-7-6-8-16(20)11-15/h6-8,11,14H,9-10,12-13H2,1-5H3,(H,24,25)(H2,21,22,23). The molecule has 0 aliphatic carbocycles. The second-order valence-electron chi connectivity index (χ2n) is 7.30. The third-order valence-corrected chi connectivity index (χ3v) is 3.86. The van der Waals surface area contributed by atoms with Crippen LogP contribution in [-0.2, 0) is 11.2 Å². The molecule has 0 heterocycles. The van der Waals surface area contributed by atoms with Crippen LogP contribution >= 0.6 is 11.6 Å². The number of nitrogens with zero attached hydrogens (tertiary/aromatic N) is 1. The Labute approximate surface area is 156 Å². The van der Waals surface area contributed by atoms with E-state index in [9.17, 15) is 4.79 Å². The number of carbonyl (C=O) groups is 1. The topological polar surface area (TPSA) is 65.5 Å². The molecule has 1 amide bonds. The third kappa shape index (κ3) is 9.34. The maximum Gasteiger partial charge on any atom is 0.221 e. The molecule has 3 N–H and O–H groups in total. The summed E-state index contributed by atoms with van der Waals surface area (Å²) in [6.45, 7) is 9.61. The summed E-state index contributed by atoms with van der Waals surface area (Å²) in [5, 5.41) is 10.1. The van der Waals surface area contributed by atoms with E-state index < -0.39 is 0 Å². The molecule has 0 bridgehead atoms. The molecule has 0 saturated heterocycles. The summed E-state index contributed by atoms with van der Waals surface area (Å²) >= 11 is 6.06. The van der Waals surface area contributed by atoms with Crippen LogP contribution in [0.4, 0.5) is 0 Å². The third-order valence-electron chi connectivity index (χ3n) is 3.62. The number of carbonyl (C=O) groups excluding carboxylic acids is 1. The van der Waals surface area contributed by atoms with Gasteiger partial charge in [-0.25, -0.2) is 0 Å². The first-order chi connectivity index (χ1) is 11.7. The zero-order valence-electron chi connectivity index (χ0n) is 15.9. The maximum atomic E-state index is 11.6. The molecule has 6 heteroatoms.